The maximum absolute atomic E-state index is 13.0. The molecule has 1 saturated heterocycles. The second kappa shape index (κ2) is 7.75. The zero-order chi connectivity index (χ0) is 17.9. The van der Waals surface area contributed by atoms with Gasteiger partial charge in [-0.05, 0) is 37.0 Å². The SMILES string of the molecule is CC(=O)NC1(C(=O)NC2CCOC2c2ccc(Cl)cc2)CCCCC1. The summed E-state index contributed by atoms with van der Waals surface area (Å²) >= 11 is 5.96. The fraction of sp³-hybridized carbons (Fsp3) is 0.579. The first-order valence-corrected chi connectivity index (χ1v) is 9.35. The molecule has 1 aromatic carbocycles. The number of halogens is 1. The summed E-state index contributed by atoms with van der Waals surface area (Å²) in [6, 6.07) is 7.43. The quantitative estimate of drug-likeness (QED) is 0.862. The van der Waals surface area contributed by atoms with Gasteiger partial charge >= 0.3 is 0 Å². The molecule has 0 bridgehead atoms. The van der Waals surface area contributed by atoms with Crippen molar-refractivity contribution in [3.05, 3.63) is 34.9 Å². The van der Waals surface area contributed by atoms with Crippen LogP contribution in [0.3, 0.4) is 0 Å². The van der Waals surface area contributed by atoms with Gasteiger partial charge in [0.2, 0.25) is 11.8 Å². The average molecular weight is 365 g/mol. The van der Waals surface area contributed by atoms with E-state index in [1.54, 1.807) is 0 Å². The van der Waals surface area contributed by atoms with E-state index in [2.05, 4.69) is 10.6 Å². The van der Waals surface area contributed by atoms with E-state index in [4.69, 9.17) is 16.3 Å². The van der Waals surface area contributed by atoms with E-state index in [1.165, 1.54) is 6.92 Å². The molecule has 0 radical (unpaired) electrons. The number of carbonyl (C=O) groups is 2. The first kappa shape index (κ1) is 18.2. The molecule has 0 spiro atoms. The number of carbonyl (C=O) groups excluding carboxylic acids is 2. The van der Waals surface area contributed by atoms with Crippen molar-refractivity contribution in [3.8, 4) is 0 Å². The van der Waals surface area contributed by atoms with Gasteiger partial charge in [-0.2, -0.15) is 0 Å². The van der Waals surface area contributed by atoms with Gasteiger partial charge in [0.15, 0.2) is 0 Å². The Labute approximate surface area is 153 Å². The Balaban J connectivity index is 1.73. The monoisotopic (exact) mass is 364 g/mol. The van der Waals surface area contributed by atoms with Gasteiger partial charge in [0.1, 0.15) is 11.6 Å². The second-order valence-electron chi connectivity index (χ2n) is 7.04. The summed E-state index contributed by atoms with van der Waals surface area (Å²) in [5.41, 5.74) is 0.224. The zero-order valence-electron chi connectivity index (χ0n) is 14.5. The van der Waals surface area contributed by atoms with Crippen LogP contribution in [0.1, 0.15) is 57.1 Å². The molecular weight excluding hydrogens is 340 g/mol. The number of hydrogen-bond acceptors (Lipinski definition) is 3. The van der Waals surface area contributed by atoms with Gasteiger partial charge < -0.3 is 15.4 Å². The van der Waals surface area contributed by atoms with Crippen LogP contribution in [0, 0.1) is 0 Å². The Morgan fingerprint density at radius 3 is 2.48 bits per heavy atom. The van der Waals surface area contributed by atoms with Crippen LogP contribution in [0.4, 0.5) is 0 Å². The van der Waals surface area contributed by atoms with E-state index >= 15 is 0 Å². The van der Waals surface area contributed by atoms with Crippen molar-refractivity contribution in [1.29, 1.82) is 0 Å². The largest absolute Gasteiger partial charge is 0.371 e. The normalized spacial score (nSPS) is 25.4. The predicted octanol–water partition coefficient (Wildman–Crippen LogP) is 3.13. The molecule has 25 heavy (non-hydrogen) atoms. The van der Waals surface area contributed by atoms with E-state index in [1.807, 2.05) is 24.3 Å². The van der Waals surface area contributed by atoms with E-state index in [9.17, 15) is 9.59 Å². The molecule has 136 valence electrons. The fourth-order valence-corrected chi connectivity index (χ4v) is 4.05. The highest BCUT2D eigenvalue weighted by Crippen LogP contribution is 2.33. The third-order valence-electron chi connectivity index (χ3n) is 5.16. The zero-order valence-corrected chi connectivity index (χ0v) is 15.3. The molecule has 1 aliphatic heterocycles. The molecule has 6 heteroatoms. The standard InChI is InChI=1S/C19H25ClN2O3/c1-13(23)22-19(10-3-2-4-11-19)18(24)21-16-9-12-25-17(16)14-5-7-15(20)8-6-14/h5-8,16-17H,2-4,9-12H2,1H3,(H,21,24)(H,22,23). The molecule has 2 amide bonds. The van der Waals surface area contributed by atoms with E-state index < -0.39 is 5.54 Å². The molecule has 1 heterocycles. The molecule has 0 aromatic heterocycles. The Morgan fingerprint density at radius 1 is 1.16 bits per heavy atom. The summed E-state index contributed by atoms with van der Waals surface area (Å²) in [5, 5.41) is 6.74. The summed E-state index contributed by atoms with van der Waals surface area (Å²) in [7, 11) is 0. The molecule has 3 rings (SSSR count). The minimum Gasteiger partial charge on any atom is -0.371 e. The van der Waals surface area contributed by atoms with Crippen LogP contribution < -0.4 is 10.6 Å². The number of rotatable bonds is 4. The highest BCUT2D eigenvalue weighted by atomic mass is 35.5. The van der Waals surface area contributed by atoms with Gasteiger partial charge in [-0.3, -0.25) is 9.59 Å². The highest BCUT2D eigenvalue weighted by molar-refractivity contribution is 6.30. The molecule has 2 N–H and O–H groups in total. The first-order valence-electron chi connectivity index (χ1n) is 8.97. The summed E-state index contributed by atoms with van der Waals surface area (Å²) in [4.78, 5) is 24.7. The van der Waals surface area contributed by atoms with Gasteiger partial charge in [0.05, 0.1) is 6.04 Å². The summed E-state index contributed by atoms with van der Waals surface area (Å²) in [6.07, 6.45) is 4.98. The molecule has 2 atom stereocenters. The van der Waals surface area contributed by atoms with E-state index in [-0.39, 0.29) is 24.0 Å². The van der Waals surface area contributed by atoms with E-state index in [0.717, 1.165) is 31.2 Å². The molecule has 2 aliphatic rings. The van der Waals surface area contributed by atoms with Crippen molar-refractivity contribution in [2.24, 2.45) is 0 Å². The molecule has 2 fully saturated rings. The van der Waals surface area contributed by atoms with Crippen LogP contribution in [-0.2, 0) is 14.3 Å². The number of benzene rings is 1. The Morgan fingerprint density at radius 2 is 1.84 bits per heavy atom. The van der Waals surface area contributed by atoms with Crippen molar-refractivity contribution < 1.29 is 14.3 Å². The lowest BCUT2D eigenvalue weighted by molar-refractivity contribution is -0.135. The summed E-state index contributed by atoms with van der Waals surface area (Å²) in [5.74, 6) is -0.245. The lowest BCUT2D eigenvalue weighted by Gasteiger charge is -2.37. The minimum atomic E-state index is -0.781. The Bertz CT molecular complexity index is 626. The average Bonchev–Trinajstić information content (AvgIpc) is 3.04. The van der Waals surface area contributed by atoms with Crippen molar-refractivity contribution in [3.63, 3.8) is 0 Å². The van der Waals surface area contributed by atoms with Crippen LogP contribution >= 0.6 is 11.6 Å². The van der Waals surface area contributed by atoms with Crippen LogP contribution in [0.2, 0.25) is 5.02 Å². The topological polar surface area (TPSA) is 67.4 Å². The predicted molar refractivity (Wildman–Crippen MR) is 96.3 cm³/mol. The lowest BCUT2D eigenvalue weighted by atomic mass is 9.80. The van der Waals surface area contributed by atoms with Crippen molar-refractivity contribution in [2.45, 2.75) is 63.1 Å². The van der Waals surface area contributed by atoms with Crippen LogP contribution in [0.5, 0.6) is 0 Å². The first-order chi connectivity index (χ1) is 12.0. The van der Waals surface area contributed by atoms with Gasteiger partial charge in [-0.15, -0.1) is 0 Å². The van der Waals surface area contributed by atoms with Gasteiger partial charge in [-0.25, -0.2) is 0 Å². The summed E-state index contributed by atoms with van der Waals surface area (Å²) in [6.45, 7) is 2.07. The number of nitrogens with one attached hydrogen (secondary N) is 2. The van der Waals surface area contributed by atoms with Crippen LogP contribution in [0.25, 0.3) is 0 Å². The Hall–Kier alpha value is -1.59. The molecular formula is C19H25ClN2O3. The Kier molecular flexibility index (Phi) is 5.64. The van der Waals surface area contributed by atoms with E-state index in [0.29, 0.717) is 24.5 Å². The second-order valence-corrected chi connectivity index (χ2v) is 7.47. The van der Waals surface area contributed by atoms with Crippen molar-refractivity contribution >= 4 is 23.4 Å². The van der Waals surface area contributed by atoms with Crippen LogP contribution in [-0.4, -0.2) is 30.0 Å². The molecule has 1 aromatic rings. The third kappa shape index (κ3) is 4.15. The third-order valence-corrected chi connectivity index (χ3v) is 5.42. The molecule has 2 unspecified atom stereocenters. The maximum Gasteiger partial charge on any atom is 0.246 e. The molecule has 1 aliphatic carbocycles. The fourth-order valence-electron chi connectivity index (χ4n) is 3.93. The van der Waals surface area contributed by atoms with Gasteiger partial charge in [0, 0.05) is 18.6 Å². The van der Waals surface area contributed by atoms with Crippen molar-refractivity contribution in [2.75, 3.05) is 6.61 Å². The lowest BCUT2D eigenvalue weighted by Crippen LogP contribution is -2.61. The number of hydrogen-bond donors (Lipinski definition) is 2. The van der Waals surface area contributed by atoms with Gasteiger partial charge in [-0.1, -0.05) is 43.0 Å². The van der Waals surface area contributed by atoms with Crippen LogP contribution in [0.15, 0.2) is 24.3 Å². The highest BCUT2D eigenvalue weighted by Gasteiger charge is 2.42. The minimum absolute atomic E-state index is 0.0862. The molecule has 1 saturated carbocycles. The van der Waals surface area contributed by atoms with Gasteiger partial charge in [0.25, 0.3) is 0 Å². The maximum atomic E-state index is 13.0. The smallest absolute Gasteiger partial charge is 0.246 e. The van der Waals surface area contributed by atoms with Crippen molar-refractivity contribution in [1.82, 2.24) is 10.6 Å². The number of ether oxygens (including phenoxy) is 1. The number of amides is 2. The summed E-state index contributed by atoms with van der Waals surface area (Å²) < 4.78 is 5.85. The molecule has 5 nitrogen and oxygen atoms in total.